The molecule has 21 heavy (non-hydrogen) atoms. The number of nitrogens with zero attached hydrogens (tertiary/aromatic N) is 1. The summed E-state index contributed by atoms with van der Waals surface area (Å²) in [7, 11) is 0. The third kappa shape index (κ3) is 4.75. The van der Waals surface area contributed by atoms with E-state index in [1.165, 1.54) is 16.0 Å². The predicted octanol–water partition coefficient (Wildman–Crippen LogP) is 3.02. The molecule has 0 aromatic heterocycles. The summed E-state index contributed by atoms with van der Waals surface area (Å²) in [6.45, 7) is 6.10. The van der Waals surface area contributed by atoms with Gasteiger partial charge in [0.25, 0.3) is 0 Å². The van der Waals surface area contributed by atoms with Crippen LogP contribution in [0.1, 0.15) is 30.4 Å². The van der Waals surface area contributed by atoms with Gasteiger partial charge in [-0.05, 0) is 55.9 Å². The molecule has 1 fully saturated rings. The molecule has 1 aromatic carbocycles. The van der Waals surface area contributed by atoms with Crippen molar-refractivity contribution in [1.29, 1.82) is 0 Å². The van der Waals surface area contributed by atoms with E-state index in [2.05, 4.69) is 32.0 Å². The number of rotatable bonds is 5. The number of carbonyl (C=O) groups is 1. The second kappa shape index (κ2) is 7.85. The summed E-state index contributed by atoms with van der Waals surface area (Å²) in [5, 5.41) is 9.12. The first-order chi connectivity index (χ1) is 10.1. The summed E-state index contributed by atoms with van der Waals surface area (Å²) in [5.74, 6) is 1.48. The lowest BCUT2D eigenvalue weighted by molar-refractivity contribution is -0.132. The fourth-order valence-electron chi connectivity index (χ4n) is 2.58. The molecule has 0 bridgehead atoms. The molecule has 3 nitrogen and oxygen atoms in total. The zero-order chi connectivity index (χ0) is 15.2. The van der Waals surface area contributed by atoms with Crippen molar-refractivity contribution in [3.8, 4) is 0 Å². The minimum absolute atomic E-state index is 0.253. The summed E-state index contributed by atoms with van der Waals surface area (Å²) in [6.07, 6.45) is 2.47. The number of aryl methyl sites for hydroxylation is 2. The van der Waals surface area contributed by atoms with E-state index >= 15 is 0 Å². The van der Waals surface area contributed by atoms with E-state index < -0.39 is 0 Å². The zero-order valence-corrected chi connectivity index (χ0v) is 13.8. The van der Waals surface area contributed by atoms with Gasteiger partial charge < -0.3 is 10.0 Å². The third-order valence-corrected chi connectivity index (χ3v) is 5.28. The Morgan fingerprint density at radius 3 is 2.62 bits per heavy atom. The van der Waals surface area contributed by atoms with E-state index in [1.54, 1.807) is 11.8 Å². The van der Waals surface area contributed by atoms with Crippen LogP contribution in [0.25, 0.3) is 0 Å². The van der Waals surface area contributed by atoms with Crippen molar-refractivity contribution in [3.05, 3.63) is 29.3 Å². The topological polar surface area (TPSA) is 40.5 Å². The number of thioether (sulfide) groups is 1. The quantitative estimate of drug-likeness (QED) is 0.850. The number of amides is 1. The highest BCUT2D eigenvalue weighted by molar-refractivity contribution is 7.99. The van der Waals surface area contributed by atoms with E-state index in [4.69, 9.17) is 5.11 Å². The normalized spacial score (nSPS) is 16.2. The molecule has 1 amide bonds. The Morgan fingerprint density at radius 2 is 2.00 bits per heavy atom. The Kier molecular flexibility index (Phi) is 6.12. The van der Waals surface area contributed by atoms with Gasteiger partial charge in [-0.25, -0.2) is 0 Å². The van der Waals surface area contributed by atoms with Gasteiger partial charge in [-0.15, -0.1) is 11.8 Å². The van der Waals surface area contributed by atoms with Gasteiger partial charge in [0.1, 0.15) is 0 Å². The van der Waals surface area contributed by atoms with Crippen LogP contribution in [-0.4, -0.2) is 41.4 Å². The number of hydrogen-bond acceptors (Lipinski definition) is 3. The van der Waals surface area contributed by atoms with Gasteiger partial charge in [-0.3, -0.25) is 4.79 Å². The Hall–Kier alpha value is -1.00. The van der Waals surface area contributed by atoms with E-state index in [9.17, 15) is 4.79 Å². The van der Waals surface area contributed by atoms with Crippen molar-refractivity contribution in [2.24, 2.45) is 5.92 Å². The molecule has 1 heterocycles. The van der Waals surface area contributed by atoms with Crippen molar-refractivity contribution in [2.45, 2.75) is 38.0 Å². The van der Waals surface area contributed by atoms with Crippen LogP contribution in [-0.2, 0) is 4.79 Å². The van der Waals surface area contributed by atoms with Crippen LogP contribution in [0.3, 0.4) is 0 Å². The average molecular weight is 307 g/mol. The zero-order valence-electron chi connectivity index (χ0n) is 13.0. The molecule has 0 radical (unpaired) electrons. The summed E-state index contributed by atoms with van der Waals surface area (Å²) in [5.41, 5.74) is 2.61. The standard InChI is InChI=1S/C17H25NO2S/c1-13-3-4-16(11-14(13)2)21-10-7-17(20)18-8-5-15(12-19)6-9-18/h3-4,11,15,19H,5-10,12H2,1-2H3. The molecule has 1 N–H and O–H groups in total. The monoisotopic (exact) mass is 307 g/mol. The smallest absolute Gasteiger partial charge is 0.223 e. The van der Waals surface area contributed by atoms with Crippen LogP contribution in [0.2, 0.25) is 0 Å². The SMILES string of the molecule is Cc1ccc(SCCC(=O)N2CCC(CO)CC2)cc1C. The molecular weight excluding hydrogens is 282 g/mol. The highest BCUT2D eigenvalue weighted by Crippen LogP contribution is 2.23. The maximum atomic E-state index is 12.2. The van der Waals surface area contributed by atoms with E-state index in [0.29, 0.717) is 12.3 Å². The Balaban J connectivity index is 1.73. The molecule has 0 unspecified atom stereocenters. The van der Waals surface area contributed by atoms with Crippen LogP contribution >= 0.6 is 11.8 Å². The van der Waals surface area contributed by atoms with Crippen molar-refractivity contribution >= 4 is 17.7 Å². The lowest BCUT2D eigenvalue weighted by Gasteiger charge is -2.31. The van der Waals surface area contributed by atoms with Gasteiger partial charge in [0.15, 0.2) is 0 Å². The Bertz CT molecular complexity index is 482. The summed E-state index contributed by atoms with van der Waals surface area (Å²) >= 11 is 1.75. The molecule has 0 spiro atoms. The van der Waals surface area contributed by atoms with Gasteiger partial charge in [-0.1, -0.05) is 6.07 Å². The van der Waals surface area contributed by atoms with Crippen molar-refractivity contribution in [2.75, 3.05) is 25.4 Å². The van der Waals surface area contributed by atoms with Crippen molar-refractivity contribution < 1.29 is 9.90 Å². The molecule has 1 aliphatic rings. The first-order valence-electron chi connectivity index (χ1n) is 7.69. The Labute approximate surface area is 131 Å². The average Bonchev–Trinajstić information content (AvgIpc) is 2.51. The fourth-order valence-corrected chi connectivity index (χ4v) is 3.52. The molecule has 1 aliphatic heterocycles. The molecule has 4 heteroatoms. The van der Waals surface area contributed by atoms with E-state index in [0.717, 1.165) is 31.7 Å². The largest absolute Gasteiger partial charge is 0.396 e. The lowest BCUT2D eigenvalue weighted by atomic mass is 9.98. The van der Waals surface area contributed by atoms with Crippen LogP contribution in [0, 0.1) is 19.8 Å². The van der Waals surface area contributed by atoms with Crippen molar-refractivity contribution in [1.82, 2.24) is 4.90 Å². The number of benzene rings is 1. The Morgan fingerprint density at radius 1 is 1.29 bits per heavy atom. The van der Waals surface area contributed by atoms with Crippen LogP contribution in [0.4, 0.5) is 0 Å². The van der Waals surface area contributed by atoms with Crippen LogP contribution < -0.4 is 0 Å². The molecule has 1 saturated heterocycles. The number of aliphatic hydroxyl groups excluding tert-OH is 1. The lowest BCUT2D eigenvalue weighted by Crippen LogP contribution is -2.39. The van der Waals surface area contributed by atoms with Crippen LogP contribution in [0.5, 0.6) is 0 Å². The second-order valence-electron chi connectivity index (χ2n) is 5.85. The first-order valence-corrected chi connectivity index (χ1v) is 8.67. The van der Waals surface area contributed by atoms with Crippen molar-refractivity contribution in [3.63, 3.8) is 0 Å². The van der Waals surface area contributed by atoms with Gasteiger partial charge in [-0.2, -0.15) is 0 Å². The third-order valence-electron chi connectivity index (χ3n) is 4.29. The number of hydrogen-bond donors (Lipinski definition) is 1. The molecule has 2 rings (SSSR count). The molecular formula is C17H25NO2S. The van der Waals surface area contributed by atoms with Gasteiger partial charge in [0, 0.05) is 36.8 Å². The summed E-state index contributed by atoms with van der Waals surface area (Å²) in [4.78, 5) is 15.3. The molecule has 0 atom stereocenters. The van der Waals surface area contributed by atoms with Gasteiger partial charge in [0.05, 0.1) is 0 Å². The molecule has 0 aliphatic carbocycles. The van der Waals surface area contributed by atoms with Crippen LogP contribution in [0.15, 0.2) is 23.1 Å². The number of likely N-dealkylation sites (tertiary alicyclic amines) is 1. The van der Waals surface area contributed by atoms with Gasteiger partial charge in [0.2, 0.25) is 5.91 Å². The molecule has 1 aromatic rings. The maximum absolute atomic E-state index is 12.2. The number of aliphatic hydroxyl groups is 1. The summed E-state index contributed by atoms with van der Waals surface area (Å²) < 4.78 is 0. The summed E-state index contributed by atoms with van der Waals surface area (Å²) in [6, 6.07) is 6.46. The minimum Gasteiger partial charge on any atom is -0.396 e. The fraction of sp³-hybridized carbons (Fsp3) is 0.588. The first kappa shape index (κ1) is 16.4. The highest BCUT2D eigenvalue weighted by atomic mass is 32.2. The minimum atomic E-state index is 0.253. The van der Waals surface area contributed by atoms with E-state index in [-0.39, 0.29) is 12.5 Å². The molecule has 116 valence electrons. The second-order valence-corrected chi connectivity index (χ2v) is 7.02. The molecule has 0 saturated carbocycles. The number of piperidine rings is 1. The maximum Gasteiger partial charge on any atom is 0.223 e. The van der Waals surface area contributed by atoms with E-state index in [1.807, 2.05) is 4.90 Å². The highest BCUT2D eigenvalue weighted by Gasteiger charge is 2.21. The predicted molar refractivity (Wildman–Crippen MR) is 87.6 cm³/mol. The van der Waals surface area contributed by atoms with Gasteiger partial charge >= 0.3 is 0 Å². The number of carbonyl (C=O) groups excluding carboxylic acids is 1.